The number of rotatable bonds is 8. The van der Waals surface area contributed by atoms with Gasteiger partial charge in [0.2, 0.25) is 5.91 Å². The monoisotopic (exact) mass is 285 g/mol. The highest BCUT2D eigenvalue weighted by Gasteiger charge is 2.18. The van der Waals surface area contributed by atoms with E-state index in [1.807, 2.05) is 6.92 Å². The fourth-order valence-corrected chi connectivity index (χ4v) is 1.63. The van der Waals surface area contributed by atoms with Crippen LogP contribution in [0.25, 0.3) is 0 Å². The zero-order valence-corrected chi connectivity index (χ0v) is 11.0. The number of hydrogen-bond donors (Lipinski definition) is 2. The number of nitro benzene ring substituents is 1. The maximum atomic E-state index is 13.1. The summed E-state index contributed by atoms with van der Waals surface area (Å²) in [6.07, 6.45) is 0.233. The molecule has 1 rings (SSSR count). The number of ether oxygens (including phenoxy) is 1. The Morgan fingerprint density at radius 3 is 2.85 bits per heavy atom. The van der Waals surface area contributed by atoms with E-state index in [-0.39, 0.29) is 24.5 Å². The second-order valence-electron chi connectivity index (χ2n) is 4.02. The van der Waals surface area contributed by atoms with Crippen molar-refractivity contribution < 1.29 is 18.8 Å². The molecule has 0 aliphatic heterocycles. The first kappa shape index (κ1) is 15.8. The van der Waals surface area contributed by atoms with Gasteiger partial charge in [0.1, 0.15) is 5.82 Å². The summed E-state index contributed by atoms with van der Waals surface area (Å²) in [4.78, 5) is 21.2. The molecule has 1 aromatic rings. The van der Waals surface area contributed by atoms with E-state index in [2.05, 4.69) is 5.32 Å². The molecule has 0 aliphatic carbocycles. The first-order valence-electron chi connectivity index (χ1n) is 6.05. The first-order chi connectivity index (χ1) is 9.45. The highest BCUT2D eigenvalue weighted by Crippen LogP contribution is 2.27. The van der Waals surface area contributed by atoms with Crippen LogP contribution in [0.4, 0.5) is 10.1 Å². The maximum absolute atomic E-state index is 13.1. The van der Waals surface area contributed by atoms with Gasteiger partial charge in [-0.05, 0) is 12.6 Å². The van der Waals surface area contributed by atoms with Gasteiger partial charge in [-0.2, -0.15) is 0 Å². The lowest BCUT2D eigenvalue weighted by Crippen LogP contribution is -2.42. The van der Waals surface area contributed by atoms with Crippen molar-refractivity contribution >= 4 is 11.6 Å². The van der Waals surface area contributed by atoms with Gasteiger partial charge in [0.25, 0.3) is 0 Å². The Morgan fingerprint density at radius 1 is 1.60 bits per heavy atom. The third-order valence-electron chi connectivity index (χ3n) is 2.58. The van der Waals surface area contributed by atoms with Gasteiger partial charge in [0.05, 0.1) is 17.6 Å². The molecule has 20 heavy (non-hydrogen) atoms. The Morgan fingerprint density at radius 2 is 2.30 bits per heavy atom. The maximum Gasteiger partial charge on any atom is 0.311 e. The van der Waals surface area contributed by atoms with Crippen molar-refractivity contribution in [3.8, 4) is 5.75 Å². The summed E-state index contributed by atoms with van der Waals surface area (Å²) in [5.74, 6) is -1.34. The van der Waals surface area contributed by atoms with Gasteiger partial charge in [-0.1, -0.05) is 6.92 Å². The fourth-order valence-electron chi connectivity index (χ4n) is 1.63. The molecule has 0 radical (unpaired) electrons. The minimum atomic E-state index is -0.662. The van der Waals surface area contributed by atoms with Crippen molar-refractivity contribution in [1.82, 2.24) is 5.32 Å². The minimum absolute atomic E-state index is 0.00486. The second kappa shape index (κ2) is 7.39. The van der Waals surface area contributed by atoms with Crippen molar-refractivity contribution in [2.45, 2.75) is 19.4 Å². The lowest BCUT2D eigenvalue weighted by molar-refractivity contribution is -0.385. The lowest BCUT2D eigenvalue weighted by atomic mass is 10.2. The Labute approximate surface area is 115 Å². The van der Waals surface area contributed by atoms with Gasteiger partial charge in [0, 0.05) is 18.6 Å². The molecule has 1 amide bonds. The standard InChI is InChI=1S/C12H16FN3O4/c1-2-15-9(12(14)17)5-6-20-11-7-8(13)3-4-10(11)16(18)19/h3-4,7,9,15H,2,5-6H2,1H3,(H2,14,17). The summed E-state index contributed by atoms with van der Waals surface area (Å²) in [5.41, 5.74) is 4.85. The fraction of sp³-hybridized carbons (Fsp3) is 0.417. The largest absolute Gasteiger partial charge is 0.487 e. The summed E-state index contributed by atoms with van der Waals surface area (Å²) in [6, 6.07) is 2.36. The topological polar surface area (TPSA) is 107 Å². The van der Waals surface area contributed by atoms with Crippen molar-refractivity contribution in [2.75, 3.05) is 13.2 Å². The Hall–Kier alpha value is -2.22. The second-order valence-corrected chi connectivity index (χ2v) is 4.02. The van der Waals surface area contributed by atoms with Crippen LogP contribution >= 0.6 is 0 Å². The summed E-state index contributed by atoms with van der Waals surface area (Å²) < 4.78 is 18.2. The lowest BCUT2D eigenvalue weighted by Gasteiger charge is -2.14. The van der Waals surface area contributed by atoms with Gasteiger partial charge in [-0.15, -0.1) is 0 Å². The number of primary amides is 1. The van der Waals surface area contributed by atoms with Gasteiger partial charge in [-0.25, -0.2) is 4.39 Å². The predicted molar refractivity (Wildman–Crippen MR) is 69.8 cm³/mol. The van der Waals surface area contributed by atoms with E-state index >= 15 is 0 Å². The number of nitro groups is 1. The van der Waals surface area contributed by atoms with Crippen molar-refractivity contribution in [2.24, 2.45) is 5.73 Å². The van der Waals surface area contributed by atoms with E-state index in [1.165, 1.54) is 0 Å². The van der Waals surface area contributed by atoms with E-state index < -0.39 is 22.7 Å². The molecule has 0 bridgehead atoms. The van der Waals surface area contributed by atoms with Crippen LogP contribution < -0.4 is 15.8 Å². The SMILES string of the molecule is CCNC(CCOc1cc(F)ccc1[N+](=O)[O-])C(N)=O. The van der Waals surface area contributed by atoms with Crippen LogP contribution in [0.2, 0.25) is 0 Å². The number of carbonyl (C=O) groups is 1. The van der Waals surface area contributed by atoms with Crippen LogP contribution in [0.5, 0.6) is 5.75 Å². The van der Waals surface area contributed by atoms with Crippen molar-refractivity contribution in [3.63, 3.8) is 0 Å². The van der Waals surface area contributed by atoms with E-state index in [4.69, 9.17) is 10.5 Å². The smallest absolute Gasteiger partial charge is 0.311 e. The molecule has 3 N–H and O–H groups in total. The average Bonchev–Trinajstić information content (AvgIpc) is 2.37. The summed E-state index contributed by atoms with van der Waals surface area (Å²) in [6.45, 7) is 2.37. The van der Waals surface area contributed by atoms with Gasteiger partial charge in [-0.3, -0.25) is 14.9 Å². The van der Waals surface area contributed by atoms with E-state index in [1.54, 1.807) is 0 Å². The normalized spacial score (nSPS) is 11.9. The molecule has 7 nitrogen and oxygen atoms in total. The molecule has 0 heterocycles. The highest BCUT2D eigenvalue weighted by molar-refractivity contribution is 5.79. The zero-order chi connectivity index (χ0) is 15.1. The van der Waals surface area contributed by atoms with Crippen LogP contribution in [0.1, 0.15) is 13.3 Å². The predicted octanol–water partition coefficient (Wildman–Crippen LogP) is 0.966. The van der Waals surface area contributed by atoms with Gasteiger partial charge >= 0.3 is 5.69 Å². The van der Waals surface area contributed by atoms with E-state index in [0.29, 0.717) is 6.54 Å². The van der Waals surface area contributed by atoms with Gasteiger partial charge < -0.3 is 15.8 Å². The summed E-state index contributed by atoms with van der Waals surface area (Å²) in [7, 11) is 0. The third-order valence-corrected chi connectivity index (χ3v) is 2.58. The number of amides is 1. The molecule has 0 aliphatic rings. The number of benzene rings is 1. The Kier molecular flexibility index (Phi) is 5.85. The highest BCUT2D eigenvalue weighted by atomic mass is 19.1. The van der Waals surface area contributed by atoms with Crippen LogP contribution in [0.15, 0.2) is 18.2 Å². The third kappa shape index (κ3) is 4.47. The minimum Gasteiger partial charge on any atom is -0.487 e. The molecule has 1 atom stereocenters. The molecule has 0 aromatic heterocycles. The molecular formula is C12H16FN3O4. The first-order valence-corrected chi connectivity index (χ1v) is 6.05. The number of nitrogens with zero attached hydrogens (tertiary/aromatic N) is 1. The van der Waals surface area contributed by atoms with Crippen molar-refractivity contribution in [1.29, 1.82) is 0 Å². The Balaban J connectivity index is 2.67. The van der Waals surface area contributed by atoms with Crippen LogP contribution in [-0.2, 0) is 4.79 Å². The van der Waals surface area contributed by atoms with Crippen LogP contribution in [0.3, 0.4) is 0 Å². The molecule has 0 saturated heterocycles. The van der Waals surface area contributed by atoms with Crippen molar-refractivity contribution in [3.05, 3.63) is 34.1 Å². The van der Waals surface area contributed by atoms with E-state index in [9.17, 15) is 19.3 Å². The number of carbonyl (C=O) groups excluding carboxylic acids is 1. The molecule has 0 saturated carbocycles. The quantitative estimate of drug-likeness (QED) is 0.546. The molecular weight excluding hydrogens is 269 g/mol. The number of nitrogens with two attached hydrogens (primary N) is 1. The molecule has 0 spiro atoms. The average molecular weight is 285 g/mol. The summed E-state index contributed by atoms with van der Waals surface area (Å²) >= 11 is 0. The van der Waals surface area contributed by atoms with E-state index in [0.717, 1.165) is 18.2 Å². The Bertz CT molecular complexity index is 496. The molecule has 1 aromatic carbocycles. The molecule has 110 valence electrons. The molecule has 0 fully saturated rings. The molecule has 8 heteroatoms. The number of hydrogen-bond acceptors (Lipinski definition) is 5. The summed E-state index contributed by atoms with van der Waals surface area (Å²) in [5, 5.41) is 13.6. The number of likely N-dealkylation sites (N-methyl/N-ethyl adjacent to an activating group) is 1. The van der Waals surface area contributed by atoms with Gasteiger partial charge in [0.15, 0.2) is 5.75 Å². The van der Waals surface area contributed by atoms with Crippen LogP contribution in [0, 0.1) is 15.9 Å². The number of nitrogens with one attached hydrogen (secondary N) is 1. The number of halogens is 1. The van der Waals surface area contributed by atoms with Crippen LogP contribution in [-0.4, -0.2) is 30.0 Å². The zero-order valence-electron chi connectivity index (χ0n) is 11.0. The molecule has 1 unspecified atom stereocenters.